The van der Waals surface area contributed by atoms with Gasteiger partial charge in [-0.1, -0.05) is 25.0 Å². The molecular weight excluding hydrogens is 481 g/mol. The first-order valence-corrected chi connectivity index (χ1v) is 10.5. The molecule has 2 N–H and O–H groups in total. The third-order valence-corrected chi connectivity index (χ3v) is 5.91. The highest BCUT2D eigenvalue weighted by Gasteiger charge is 2.36. The third kappa shape index (κ3) is 6.72. The number of guanidine groups is 1. The fraction of sp³-hybridized carbons (Fsp3) is 0.682. The molecule has 2 atom stereocenters. The summed E-state index contributed by atoms with van der Waals surface area (Å²) in [5.74, 6) is 1.75. The van der Waals surface area contributed by atoms with Crippen LogP contribution in [-0.2, 0) is 14.9 Å². The third-order valence-electron chi connectivity index (χ3n) is 5.91. The summed E-state index contributed by atoms with van der Waals surface area (Å²) in [5, 5.41) is 7.02. The van der Waals surface area contributed by atoms with Crippen molar-refractivity contribution >= 4 is 29.9 Å². The normalized spacial score (nSPS) is 22.0. The minimum Gasteiger partial charge on any atom is -0.497 e. The molecule has 1 aromatic rings. The Morgan fingerprint density at radius 2 is 2.14 bits per heavy atom. The lowest BCUT2D eigenvalue weighted by atomic mass is 9.78. The van der Waals surface area contributed by atoms with Gasteiger partial charge in [-0.2, -0.15) is 0 Å². The van der Waals surface area contributed by atoms with Crippen molar-refractivity contribution < 1.29 is 14.2 Å². The molecule has 3 rings (SSSR count). The standard InChI is InChI=1S/C22H35N3O3.HI/c1-17(14-28-20-9-12-27-15-20)25-21(23-2)24-16-22(10-4-5-11-22)18-7-6-8-19(13-18)26-3;/h6-8,13,17,20H,4-5,9-12,14-16H2,1-3H3,(H2,23,24,25);1H. The smallest absolute Gasteiger partial charge is 0.191 e. The van der Waals surface area contributed by atoms with Gasteiger partial charge in [0.1, 0.15) is 5.75 Å². The van der Waals surface area contributed by atoms with E-state index in [-0.39, 0.29) is 41.5 Å². The Hall–Kier alpha value is -1.06. The molecule has 29 heavy (non-hydrogen) atoms. The second-order valence-corrected chi connectivity index (χ2v) is 8.01. The summed E-state index contributed by atoms with van der Waals surface area (Å²) in [7, 11) is 3.55. The average molecular weight is 517 g/mol. The number of nitrogens with one attached hydrogen (secondary N) is 2. The summed E-state index contributed by atoms with van der Waals surface area (Å²) in [6.45, 7) is 5.15. The Labute approximate surface area is 192 Å². The van der Waals surface area contributed by atoms with Gasteiger partial charge in [-0.05, 0) is 43.9 Å². The number of halogens is 1. The average Bonchev–Trinajstić information content (AvgIpc) is 3.42. The highest BCUT2D eigenvalue weighted by Crippen LogP contribution is 2.41. The van der Waals surface area contributed by atoms with Crippen molar-refractivity contribution in [2.24, 2.45) is 4.99 Å². The van der Waals surface area contributed by atoms with Gasteiger partial charge in [0.2, 0.25) is 0 Å². The van der Waals surface area contributed by atoms with Crippen molar-refractivity contribution in [3.8, 4) is 5.75 Å². The Bertz CT molecular complexity index is 644. The number of rotatable bonds is 8. The molecule has 1 aliphatic carbocycles. The minimum atomic E-state index is 0. The largest absolute Gasteiger partial charge is 0.497 e. The molecular formula is C22H36IN3O3. The molecule has 1 aromatic carbocycles. The number of hydrogen-bond acceptors (Lipinski definition) is 4. The minimum absolute atomic E-state index is 0. The van der Waals surface area contributed by atoms with Gasteiger partial charge in [0.25, 0.3) is 0 Å². The van der Waals surface area contributed by atoms with Gasteiger partial charge in [-0.15, -0.1) is 24.0 Å². The van der Waals surface area contributed by atoms with Crippen LogP contribution in [-0.4, -0.2) is 58.6 Å². The van der Waals surface area contributed by atoms with Crippen LogP contribution >= 0.6 is 24.0 Å². The van der Waals surface area contributed by atoms with Crippen LogP contribution < -0.4 is 15.4 Å². The van der Waals surface area contributed by atoms with E-state index in [2.05, 4.69) is 40.7 Å². The number of ether oxygens (including phenoxy) is 3. The van der Waals surface area contributed by atoms with E-state index in [1.807, 2.05) is 13.1 Å². The Morgan fingerprint density at radius 3 is 2.79 bits per heavy atom. The zero-order chi connectivity index (χ0) is 19.8. The van der Waals surface area contributed by atoms with E-state index in [4.69, 9.17) is 14.2 Å². The number of methoxy groups -OCH3 is 1. The van der Waals surface area contributed by atoms with Crippen LogP contribution in [0.3, 0.4) is 0 Å². The number of aliphatic imine (C=N–C) groups is 1. The summed E-state index contributed by atoms with van der Waals surface area (Å²) in [4.78, 5) is 4.42. The van der Waals surface area contributed by atoms with Gasteiger partial charge in [0, 0.05) is 31.7 Å². The maximum Gasteiger partial charge on any atom is 0.191 e. The zero-order valence-electron chi connectivity index (χ0n) is 17.9. The van der Waals surface area contributed by atoms with E-state index in [1.54, 1.807) is 7.11 Å². The molecule has 6 nitrogen and oxygen atoms in total. The molecule has 1 heterocycles. The molecule has 1 saturated heterocycles. The quantitative estimate of drug-likeness (QED) is 0.314. The number of hydrogen-bond donors (Lipinski definition) is 2. The first-order valence-electron chi connectivity index (χ1n) is 10.5. The molecule has 0 amide bonds. The summed E-state index contributed by atoms with van der Waals surface area (Å²) in [6.07, 6.45) is 6.11. The number of benzene rings is 1. The van der Waals surface area contributed by atoms with Crippen molar-refractivity contribution in [3.63, 3.8) is 0 Å². The maximum atomic E-state index is 5.92. The Balaban J connectivity index is 0.00000300. The summed E-state index contributed by atoms with van der Waals surface area (Å²) in [5.41, 5.74) is 1.48. The van der Waals surface area contributed by atoms with Crippen molar-refractivity contribution in [2.75, 3.05) is 40.5 Å². The molecule has 2 aliphatic rings. The molecule has 1 aliphatic heterocycles. The van der Waals surface area contributed by atoms with Crippen LogP contribution in [0, 0.1) is 0 Å². The SMILES string of the molecule is CN=C(NCC1(c2cccc(OC)c2)CCCC1)NC(C)COC1CCOC1.I. The van der Waals surface area contributed by atoms with Crippen LogP contribution in [0.1, 0.15) is 44.6 Å². The molecule has 2 unspecified atom stereocenters. The van der Waals surface area contributed by atoms with E-state index < -0.39 is 0 Å². The van der Waals surface area contributed by atoms with E-state index >= 15 is 0 Å². The lowest BCUT2D eigenvalue weighted by molar-refractivity contribution is 0.0347. The monoisotopic (exact) mass is 517 g/mol. The van der Waals surface area contributed by atoms with Gasteiger partial charge in [0.15, 0.2) is 5.96 Å². The molecule has 1 saturated carbocycles. The summed E-state index contributed by atoms with van der Waals surface area (Å²) < 4.78 is 16.7. The van der Waals surface area contributed by atoms with E-state index in [0.29, 0.717) is 13.2 Å². The molecule has 2 fully saturated rings. The van der Waals surface area contributed by atoms with Crippen LogP contribution in [0.4, 0.5) is 0 Å². The first-order chi connectivity index (χ1) is 13.6. The van der Waals surface area contributed by atoms with Gasteiger partial charge in [0.05, 0.1) is 26.4 Å². The highest BCUT2D eigenvalue weighted by atomic mass is 127. The fourth-order valence-corrected chi connectivity index (χ4v) is 4.22. The van der Waals surface area contributed by atoms with Gasteiger partial charge in [-0.3, -0.25) is 4.99 Å². The van der Waals surface area contributed by atoms with Gasteiger partial charge in [-0.25, -0.2) is 0 Å². The van der Waals surface area contributed by atoms with Gasteiger partial charge >= 0.3 is 0 Å². The van der Waals surface area contributed by atoms with Crippen molar-refractivity contribution in [3.05, 3.63) is 29.8 Å². The fourth-order valence-electron chi connectivity index (χ4n) is 4.22. The van der Waals surface area contributed by atoms with Crippen molar-refractivity contribution in [1.82, 2.24) is 10.6 Å². The second kappa shape index (κ2) is 12.0. The van der Waals surface area contributed by atoms with Crippen molar-refractivity contribution in [2.45, 2.75) is 56.6 Å². The van der Waals surface area contributed by atoms with Crippen molar-refractivity contribution in [1.29, 1.82) is 0 Å². The molecule has 0 radical (unpaired) electrons. The Kier molecular flexibility index (Phi) is 9.98. The van der Waals surface area contributed by atoms with Crippen LogP contribution in [0.15, 0.2) is 29.3 Å². The van der Waals surface area contributed by atoms with Gasteiger partial charge < -0.3 is 24.8 Å². The Morgan fingerprint density at radius 1 is 1.34 bits per heavy atom. The molecule has 0 spiro atoms. The summed E-state index contributed by atoms with van der Waals surface area (Å²) in [6, 6.07) is 8.70. The lowest BCUT2D eigenvalue weighted by Gasteiger charge is -2.31. The van der Waals surface area contributed by atoms with E-state index in [1.165, 1.54) is 31.2 Å². The molecule has 164 valence electrons. The first kappa shape index (κ1) is 24.2. The molecule has 0 aromatic heterocycles. The predicted octanol–water partition coefficient (Wildman–Crippen LogP) is 3.48. The topological polar surface area (TPSA) is 64.1 Å². The van der Waals surface area contributed by atoms with Crippen LogP contribution in [0.2, 0.25) is 0 Å². The van der Waals surface area contributed by atoms with E-state index in [9.17, 15) is 0 Å². The highest BCUT2D eigenvalue weighted by molar-refractivity contribution is 14.0. The van der Waals surface area contributed by atoms with E-state index in [0.717, 1.165) is 31.3 Å². The maximum absolute atomic E-state index is 5.92. The second-order valence-electron chi connectivity index (χ2n) is 8.01. The number of nitrogens with zero attached hydrogens (tertiary/aromatic N) is 1. The lowest BCUT2D eigenvalue weighted by Crippen LogP contribution is -2.48. The molecule has 0 bridgehead atoms. The predicted molar refractivity (Wildman–Crippen MR) is 128 cm³/mol. The van der Waals surface area contributed by atoms with Crippen LogP contribution in [0.5, 0.6) is 5.75 Å². The molecule has 7 heteroatoms. The zero-order valence-corrected chi connectivity index (χ0v) is 20.2. The van der Waals surface area contributed by atoms with Crippen LogP contribution in [0.25, 0.3) is 0 Å². The summed E-state index contributed by atoms with van der Waals surface area (Å²) >= 11 is 0.